The quantitative estimate of drug-likeness (QED) is 0.400. The van der Waals surface area contributed by atoms with Gasteiger partial charge in [-0.2, -0.15) is 0 Å². The average Bonchev–Trinajstić information content (AvgIpc) is 3.01. The molecule has 132 valence electrons. The summed E-state index contributed by atoms with van der Waals surface area (Å²) in [5, 5.41) is 6.48. The molecule has 4 nitrogen and oxygen atoms in total. The minimum absolute atomic E-state index is 0. The molecule has 7 heteroatoms. The van der Waals surface area contributed by atoms with Gasteiger partial charge in [0.2, 0.25) is 0 Å². The molecule has 2 rings (SSSR count). The predicted octanol–water partition coefficient (Wildman–Crippen LogP) is 4.06. The van der Waals surface area contributed by atoms with Gasteiger partial charge >= 0.3 is 0 Å². The predicted molar refractivity (Wildman–Crippen MR) is 110 cm³/mol. The fourth-order valence-corrected chi connectivity index (χ4v) is 2.88. The van der Waals surface area contributed by atoms with Crippen molar-refractivity contribution in [3.05, 3.63) is 51.7 Å². The van der Waals surface area contributed by atoms with Crippen molar-refractivity contribution in [2.45, 2.75) is 33.4 Å². The molecule has 1 aromatic carbocycles. The Morgan fingerprint density at radius 1 is 1.29 bits per heavy atom. The van der Waals surface area contributed by atoms with Crippen LogP contribution in [0.1, 0.15) is 30.1 Å². The number of aryl methyl sites for hydroxylation is 1. The summed E-state index contributed by atoms with van der Waals surface area (Å²) in [4.78, 5) is 11.2. The summed E-state index contributed by atoms with van der Waals surface area (Å²) in [5.74, 6) is 0.607. The number of hydrogen-bond acceptors (Lipinski definition) is 3. The summed E-state index contributed by atoms with van der Waals surface area (Å²) >= 11 is 1.68. The van der Waals surface area contributed by atoms with E-state index in [1.165, 1.54) is 12.1 Å². The number of aromatic nitrogens is 1. The third kappa shape index (κ3) is 6.35. The number of hydrogen-bond donors (Lipinski definition) is 1. The number of benzene rings is 1. The topological polar surface area (TPSA) is 40.5 Å². The normalized spacial score (nSPS) is 11.1. The molecule has 0 saturated heterocycles. The van der Waals surface area contributed by atoms with Crippen LogP contribution in [0.5, 0.6) is 0 Å². The summed E-state index contributed by atoms with van der Waals surface area (Å²) in [7, 11) is 1.98. The van der Waals surface area contributed by atoms with Crippen molar-refractivity contribution in [1.29, 1.82) is 0 Å². The molecule has 1 aromatic heterocycles. The van der Waals surface area contributed by atoms with Gasteiger partial charge in [-0.1, -0.05) is 19.1 Å². The Morgan fingerprint density at radius 3 is 2.58 bits per heavy atom. The SMILES string of the molecule is CCNC(=NCc1csc(CC)n1)N(C)Cc1ccc(F)cc1.I. The molecule has 0 amide bonds. The highest BCUT2D eigenvalue weighted by Crippen LogP contribution is 2.11. The van der Waals surface area contributed by atoms with Crippen molar-refractivity contribution < 1.29 is 4.39 Å². The van der Waals surface area contributed by atoms with Crippen molar-refractivity contribution >= 4 is 41.3 Å². The second kappa shape index (κ2) is 10.6. The van der Waals surface area contributed by atoms with Crippen LogP contribution in [-0.4, -0.2) is 29.4 Å². The smallest absolute Gasteiger partial charge is 0.194 e. The number of guanidine groups is 1. The first-order chi connectivity index (χ1) is 11.1. The molecule has 24 heavy (non-hydrogen) atoms. The van der Waals surface area contributed by atoms with E-state index in [9.17, 15) is 4.39 Å². The molecular weight excluding hydrogens is 438 g/mol. The van der Waals surface area contributed by atoms with Crippen LogP contribution in [0.25, 0.3) is 0 Å². The van der Waals surface area contributed by atoms with E-state index in [4.69, 9.17) is 0 Å². The lowest BCUT2D eigenvalue weighted by molar-refractivity contribution is 0.476. The standard InChI is InChI=1S/C17H23FN4S.HI/c1-4-16-21-15(12-23-16)10-20-17(19-5-2)22(3)11-13-6-8-14(18)9-7-13;/h6-9,12H,4-5,10-11H2,1-3H3,(H,19,20);1H. The van der Waals surface area contributed by atoms with Crippen LogP contribution in [-0.2, 0) is 19.5 Å². The highest BCUT2D eigenvalue weighted by Gasteiger charge is 2.07. The maximum absolute atomic E-state index is 13.0. The first-order valence-corrected chi connectivity index (χ1v) is 8.67. The van der Waals surface area contributed by atoms with E-state index < -0.39 is 0 Å². The van der Waals surface area contributed by atoms with Crippen LogP contribution in [0, 0.1) is 5.82 Å². The van der Waals surface area contributed by atoms with Crippen LogP contribution in [0.4, 0.5) is 4.39 Å². The molecule has 0 aliphatic carbocycles. The molecule has 1 heterocycles. The van der Waals surface area contributed by atoms with Gasteiger partial charge in [0, 0.05) is 25.5 Å². The fourth-order valence-electron chi connectivity index (χ4n) is 2.15. The Morgan fingerprint density at radius 2 is 2.00 bits per heavy atom. The molecule has 0 fully saturated rings. The van der Waals surface area contributed by atoms with Gasteiger partial charge in [-0.05, 0) is 31.0 Å². The van der Waals surface area contributed by atoms with Crippen molar-refractivity contribution in [1.82, 2.24) is 15.2 Å². The average molecular weight is 462 g/mol. The molecule has 0 saturated carbocycles. The number of nitrogens with zero attached hydrogens (tertiary/aromatic N) is 3. The second-order valence-electron chi connectivity index (χ2n) is 5.24. The number of nitrogens with one attached hydrogen (secondary N) is 1. The van der Waals surface area contributed by atoms with Gasteiger partial charge in [0.1, 0.15) is 5.82 Å². The Hall–Kier alpha value is -1.22. The van der Waals surface area contributed by atoms with Crippen molar-refractivity contribution in [3.8, 4) is 0 Å². The van der Waals surface area contributed by atoms with Crippen LogP contribution in [0.3, 0.4) is 0 Å². The lowest BCUT2D eigenvalue weighted by atomic mass is 10.2. The van der Waals surface area contributed by atoms with E-state index in [1.54, 1.807) is 23.5 Å². The van der Waals surface area contributed by atoms with Crippen LogP contribution in [0.2, 0.25) is 0 Å². The van der Waals surface area contributed by atoms with Gasteiger partial charge in [-0.25, -0.2) is 14.4 Å². The second-order valence-corrected chi connectivity index (χ2v) is 6.18. The molecule has 0 atom stereocenters. The summed E-state index contributed by atoms with van der Waals surface area (Å²) in [6.07, 6.45) is 0.957. The van der Waals surface area contributed by atoms with E-state index in [0.29, 0.717) is 13.1 Å². The highest BCUT2D eigenvalue weighted by atomic mass is 127. The lowest BCUT2D eigenvalue weighted by Gasteiger charge is -2.22. The lowest BCUT2D eigenvalue weighted by Crippen LogP contribution is -2.38. The Balaban J connectivity index is 0.00000288. The minimum atomic E-state index is -0.216. The van der Waals surface area contributed by atoms with E-state index >= 15 is 0 Å². The molecule has 0 radical (unpaired) electrons. The monoisotopic (exact) mass is 462 g/mol. The summed E-state index contributed by atoms with van der Waals surface area (Å²) in [5.41, 5.74) is 2.04. The number of halogens is 2. The van der Waals surface area contributed by atoms with Gasteiger partial charge < -0.3 is 10.2 Å². The van der Waals surface area contributed by atoms with Crippen molar-refractivity contribution in [2.24, 2.45) is 4.99 Å². The summed E-state index contributed by atoms with van der Waals surface area (Å²) < 4.78 is 13.0. The fraction of sp³-hybridized carbons (Fsp3) is 0.412. The Labute approximate surface area is 164 Å². The van der Waals surface area contributed by atoms with Gasteiger partial charge in [-0.15, -0.1) is 35.3 Å². The van der Waals surface area contributed by atoms with E-state index in [2.05, 4.69) is 27.6 Å². The first-order valence-electron chi connectivity index (χ1n) is 7.79. The third-order valence-corrected chi connectivity index (χ3v) is 4.36. The van der Waals surface area contributed by atoms with Gasteiger partial charge in [0.05, 0.1) is 17.2 Å². The zero-order chi connectivity index (χ0) is 16.7. The third-order valence-electron chi connectivity index (χ3n) is 3.32. The van der Waals surface area contributed by atoms with Gasteiger partial charge in [0.25, 0.3) is 0 Å². The Bertz CT molecular complexity index is 642. The molecule has 0 aliphatic heterocycles. The van der Waals surface area contributed by atoms with E-state index in [-0.39, 0.29) is 29.8 Å². The van der Waals surface area contributed by atoms with Gasteiger partial charge in [0.15, 0.2) is 5.96 Å². The molecule has 0 aliphatic rings. The van der Waals surface area contributed by atoms with Crippen molar-refractivity contribution in [3.63, 3.8) is 0 Å². The molecule has 0 unspecified atom stereocenters. The molecule has 2 aromatic rings. The maximum Gasteiger partial charge on any atom is 0.194 e. The highest BCUT2D eigenvalue weighted by molar-refractivity contribution is 14.0. The molecule has 1 N–H and O–H groups in total. The molecule has 0 spiro atoms. The minimum Gasteiger partial charge on any atom is -0.357 e. The number of rotatable bonds is 6. The van der Waals surface area contributed by atoms with Crippen molar-refractivity contribution in [2.75, 3.05) is 13.6 Å². The van der Waals surface area contributed by atoms with Crippen LogP contribution < -0.4 is 5.32 Å². The van der Waals surface area contributed by atoms with Gasteiger partial charge in [-0.3, -0.25) is 0 Å². The van der Waals surface area contributed by atoms with E-state index in [1.807, 2.05) is 18.9 Å². The summed E-state index contributed by atoms with van der Waals surface area (Å²) in [6, 6.07) is 6.55. The number of thiazole rings is 1. The summed E-state index contributed by atoms with van der Waals surface area (Å²) in [6.45, 7) is 6.17. The van der Waals surface area contributed by atoms with Crippen LogP contribution >= 0.6 is 35.3 Å². The Kier molecular flexibility index (Phi) is 9.20. The number of aliphatic imine (C=N–C) groups is 1. The maximum atomic E-state index is 13.0. The van der Waals surface area contributed by atoms with Crippen LogP contribution in [0.15, 0.2) is 34.6 Å². The molecular formula is C17H24FIN4S. The zero-order valence-electron chi connectivity index (χ0n) is 14.3. The largest absolute Gasteiger partial charge is 0.357 e. The first kappa shape index (κ1) is 20.8. The van der Waals surface area contributed by atoms with E-state index in [0.717, 1.165) is 35.2 Å². The zero-order valence-corrected chi connectivity index (χ0v) is 17.4. The molecule has 0 bridgehead atoms.